The van der Waals surface area contributed by atoms with Crippen LogP contribution in [0.5, 0.6) is 5.75 Å². The summed E-state index contributed by atoms with van der Waals surface area (Å²) in [6, 6.07) is 11.2. The number of thiophene rings is 1. The Hall–Kier alpha value is -2.67. The minimum Gasteiger partial charge on any atom is -0.491 e. The molecule has 1 aliphatic rings. The van der Waals surface area contributed by atoms with Gasteiger partial charge in [-0.2, -0.15) is 4.98 Å². The molecule has 0 unspecified atom stereocenters. The molecule has 0 atom stereocenters. The molecule has 1 fully saturated rings. The van der Waals surface area contributed by atoms with E-state index in [0.717, 1.165) is 10.6 Å². The van der Waals surface area contributed by atoms with Gasteiger partial charge in [0, 0.05) is 18.7 Å². The van der Waals surface area contributed by atoms with Crippen LogP contribution in [0.4, 0.5) is 0 Å². The lowest BCUT2D eigenvalue weighted by molar-refractivity contribution is 0.0569. The fourth-order valence-electron chi connectivity index (χ4n) is 2.84. The zero-order chi connectivity index (χ0) is 18.1. The zero-order valence-corrected chi connectivity index (χ0v) is 15.4. The van der Waals surface area contributed by atoms with E-state index in [9.17, 15) is 4.79 Å². The van der Waals surface area contributed by atoms with Crippen molar-refractivity contribution in [3.05, 3.63) is 53.2 Å². The molecule has 1 saturated heterocycles. The number of benzene rings is 1. The standard InChI is InChI=1S/C19H19N3O3S/c1-12(2)24-15-7-5-13(6-8-15)19(23)22-10-14(11-22)18-20-17(21-25-18)16-4-3-9-26-16/h3-9,12,14H,10-11H2,1-2H3. The molecule has 0 radical (unpaired) electrons. The first kappa shape index (κ1) is 16.8. The van der Waals surface area contributed by atoms with Crippen LogP contribution in [0.3, 0.4) is 0 Å². The third-order valence-corrected chi connectivity index (χ3v) is 5.04. The van der Waals surface area contributed by atoms with E-state index < -0.39 is 0 Å². The Bertz CT molecular complexity index is 881. The molecule has 3 heterocycles. The summed E-state index contributed by atoms with van der Waals surface area (Å²) in [5.74, 6) is 2.09. The lowest BCUT2D eigenvalue weighted by Crippen LogP contribution is -2.48. The second-order valence-electron chi connectivity index (χ2n) is 6.53. The van der Waals surface area contributed by atoms with E-state index in [2.05, 4.69) is 10.1 Å². The van der Waals surface area contributed by atoms with Gasteiger partial charge in [0.25, 0.3) is 5.91 Å². The Morgan fingerprint density at radius 1 is 1.27 bits per heavy atom. The Labute approximate surface area is 155 Å². The average Bonchev–Trinajstić information content (AvgIpc) is 3.25. The predicted octanol–water partition coefficient (Wildman–Crippen LogP) is 3.82. The molecule has 134 valence electrons. The summed E-state index contributed by atoms with van der Waals surface area (Å²) in [7, 11) is 0. The second-order valence-corrected chi connectivity index (χ2v) is 7.48. The first-order valence-electron chi connectivity index (χ1n) is 8.53. The molecule has 0 N–H and O–H groups in total. The van der Waals surface area contributed by atoms with Crippen LogP contribution < -0.4 is 4.74 Å². The highest BCUT2D eigenvalue weighted by Gasteiger charge is 2.36. The summed E-state index contributed by atoms with van der Waals surface area (Å²) in [6.07, 6.45) is 0.112. The van der Waals surface area contributed by atoms with Gasteiger partial charge in [-0.25, -0.2) is 0 Å². The van der Waals surface area contributed by atoms with E-state index in [1.165, 1.54) is 0 Å². The van der Waals surface area contributed by atoms with Gasteiger partial charge in [0.1, 0.15) is 5.75 Å². The van der Waals surface area contributed by atoms with Crippen LogP contribution in [0.15, 0.2) is 46.3 Å². The number of carbonyl (C=O) groups excluding carboxylic acids is 1. The molecular formula is C19H19N3O3S. The van der Waals surface area contributed by atoms with Crippen molar-refractivity contribution in [3.8, 4) is 16.5 Å². The van der Waals surface area contributed by atoms with Gasteiger partial charge < -0.3 is 14.2 Å². The van der Waals surface area contributed by atoms with Crippen LogP contribution in [0.1, 0.15) is 36.0 Å². The maximum atomic E-state index is 12.5. The van der Waals surface area contributed by atoms with Crippen molar-refractivity contribution in [1.29, 1.82) is 0 Å². The van der Waals surface area contributed by atoms with Gasteiger partial charge in [-0.05, 0) is 49.6 Å². The molecule has 1 amide bonds. The second kappa shape index (κ2) is 6.92. The fraction of sp³-hybridized carbons (Fsp3) is 0.316. The van der Waals surface area contributed by atoms with Crippen molar-refractivity contribution in [3.63, 3.8) is 0 Å². The predicted molar refractivity (Wildman–Crippen MR) is 98.5 cm³/mol. The monoisotopic (exact) mass is 369 g/mol. The molecule has 1 aliphatic heterocycles. The topological polar surface area (TPSA) is 68.5 Å². The van der Waals surface area contributed by atoms with Gasteiger partial charge in [-0.1, -0.05) is 11.2 Å². The highest BCUT2D eigenvalue weighted by molar-refractivity contribution is 7.13. The highest BCUT2D eigenvalue weighted by Crippen LogP contribution is 2.30. The first-order chi connectivity index (χ1) is 12.6. The lowest BCUT2D eigenvalue weighted by atomic mass is 9.98. The Morgan fingerprint density at radius 2 is 2.04 bits per heavy atom. The molecule has 26 heavy (non-hydrogen) atoms. The third kappa shape index (κ3) is 3.35. The van der Waals surface area contributed by atoms with Crippen LogP contribution in [0.2, 0.25) is 0 Å². The van der Waals surface area contributed by atoms with E-state index in [1.54, 1.807) is 28.4 Å². The molecule has 4 rings (SSSR count). The molecular weight excluding hydrogens is 350 g/mol. The van der Waals surface area contributed by atoms with Crippen molar-refractivity contribution in [2.24, 2.45) is 0 Å². The smallest absolute Gasteiger partial charge is 0.253 e. The summed E-state index contributed by atoms with van der Waals surface area (Å²) in [5, 5.41) is 6.01. The number of rotatable bonds is 5. The molecule has 1 aromatic carbocycles. The quantitative estimate of drug-likeness (QED) is 0.684. The summed E-state index contributed by atoms with van der Waals surface area (Å²) in [6.45, 7) is 5.13. The minimum absolute atomic E-state index is 0.00958. The number of aromatic nitrogens is 2. The maximum absolute atomic E-state index is 12.5. The minimum atomic E-state index is 0.00958. The van der Waals surface area contributed by atoms with Crippen LogP contribution >= 0.6 is 11.3 Å². The van der Waals surface area contributed by atoms with Gasteiger partial charge in [0.15, 0.2) is 0 Å². The Morgan fingerprint density at radius 3 is 2.69 bits per heavy atom. The van der Waals surface area contributed by atoms with E-state index in [-0.39, 0.29) is 17.9 Å². The third-order valence-electron chi connectivity index (χ3n) is 4.17. The number of hydrogen-bond acceptors (Lipinski definition) is 6. The lowest BCUT2D eigenvalue weighted by Gasteiger charge is -2.37. The van der Waals surface area contributed by atoms with Crippen molar-refractivity contribution in [1.82, 2.24) is 15.0 Å². The van der Waals surface area contributed by atoms with Gasteiger partial charge in [0.2, 0.25) is 11.7 Å². The van der Waals surface area contributed by atoms with Crippen LogP contribution in [0.25, 0.3) is 10.7 Å². The highest BCUT2D eigenvalue weighted by atomic mass is 32.1. The molecule has 6 nitrogen and oxygen atoms in total. The average molecular weight is 369 g/mol. The summed E-state index contributed by atoms with van der Waals surface area (Å²) >= 11 is 1.57. The van der Waals surface area contributed by atoms with E-state index in [4.69, 9.17) is 9.26 Å². The molecule has 7 heteroatoms. The zero-order valence-electron chi connectivity index (χ0n) is 14.6. The van der Waals surface area contributed by atoms with Crippen molar-refractivity contribution in [2.75, 3.05) is 13.1 Å². The van der Waals surface area contributed by atoms with Crippen molar-refractivity contribution >= 4 is 17.2 Å². The van der Waals surface area contributed by atoms with Crippen LogP contribution in [0, 0.1) is 0 Å². The molecule has 0 spiro atoms. The summed E-state index contributed by atoms with van der Waals surface area (Å²) < 4.78 is 11.0. The number of likely N-dealkylation sites (tertiary alicyclic amines) is 1. The largest absolute Gasteiger partial charge is 0.491 e. The normalized spacial score (nSPS) is 14.5. The molecule has 0 aliphatic carbocycles. The Kier molecular flexibility index (Phi) is 4.46. The SMILES string of the molecule is CC(C)Oc1ccc(C(=O)N2CC(c3nc(-c4cccs4)no3)C2)cc1. The van der Waals surface area contributed by atoms with E-state index in [0.29, 0.717) is 30.4 Å². The van der Waals surface area contributed by atoms with Gasteiger partial charge >= 0.3 is 0 Å². The molecule has 2 aromatic heterocycles. The van der Waals surface area contributed by atoms with E-state index in [1.807, 2.05) is 43.5 Å². The van der Waals surface area contributed by atoms with E-state index >= 15 is 0 Å². The fourth-order valence-corrected chi connectivity index (χ4v) is 3.49. The number of ether oxygens (including phenoxy) is 1. The molecule has 0 bridgehead atoms. The Balaban J connectivity index is 1.36. The molecule has 3 aromatic rings. The maximum Gasteiger partial charge on any atom is 0.253 e. The number of amides is 1. The molecule has 0 saturated carbocycles. The number of hydrogen-bond donors (Lipinski definition) is 0. The van der Waals surface area contributed by atoms with Crippen LogP contribution in [-0.4, -0.2) is 40.1 Å². The number of nitrogens with zero attached hydrogens (tertiary/aromatic N) is 3. The van der Waals surface area contributed by atoms with Gasteiger partial charge in [0.05, 0.1) is 16.9 Å². The van der Waals surface area contributed by atoms with Gasteiger partial charge in [-0.15, -0.1) is 11.3 Å². The van der Waals surface area contributed by atoms with Crippen molar-refractivity contribution < 1.29 is 14.1 Å². The summed E-state index contributed by atoms with van der Waals surface area (Å²) in [4.78, 5) is 19.8. The first-order valence-corrected chi connectivity index (χ1v) is 9.41. The van der Waals surface area contributed by atoms with Gasteiger partial charge in [-0.3, -0.25) is 4.79 Å². The van der Waals surface area contributed by atoms with Crippen LogP contribution in [-0.2, 0) is 0 Å². The van der Waals surface area contributed by atoms with Crippen molar-refractivity contribution in [2.45, 2.75) is 25.9 Å². The number of carbonyl (C=O) groups is 1. The summed E-state index contributed by atoms with van der Waals surface area (Å²) in [5.41, 5.74) is 0.657.